The Labute approximate surface area is 112 Å². The predicted octanol–water partition coefficient (Wildman–Crippen LogP) is 4.36. The van der Waals surface area contributed by atoms with Gasteiger partial charge in [0, 0.05) is 17.3 Å². The molecule has 0 radical (unpaired) electrons. The highest BCUT2D eigenvalue weighted by atomic mass is 79.9. The van der Waals surface area contributed by atoms with Crippen LogP contribution in [0.2, 0.25) is 0 Å². The van der Waals surface area contributed by atoms with Gasteiger partial charge in [-0.2, -0.15) is 0 Å². The predicted molar refractivity (Wildman–Crippen MR) is 72.9 cm³/mol. The Kier molecular flexibility index (Phi) is 3.52. The molecule has 0 heterocycles. The average Bonchev–Trinajstić information content (AvgIpc) is 2.32. The molecule has 94 valence electrons. The number of nitrogen functional groups attached to an aromatic ring is 1. The van der Waals surface area contributed by atoms with E-state index in [1.807, 2.05) is 0 Å². The highest BCUT2D eigenvalue weighted by Gasteiger charge is 2.08. The molecule has 0 saturated carbocycles. The number of hydrogen-bond donors (Lipinski definition) is 2. The van der Waals surface area contributed by atoms with Gasteiger partial charge in [0.25, 0.3) is 0 Å². The van der Waals surface area contributed by atoms with E-state index in [4.69, 9.17) is 5.73 Å². The highest BCUT2D eigenvalue weighted by molar-refractivity contribution is 9.10. The highest BCUT2D eigenvalue weighted by Crippen LogP contribution is 2.30. The van der Waals surface area contributed by atoms with Gasteiger partial charge < -0.3 is 11.1 Å². The molecule has 0 aromatic heterocycles. The van der Waals surface area contributed by atoms with Crippen molar-refractivity contribution in [1.82, 2.24) is 0 Å². The van der Waals surface area contributed by atoms with Crippen molar-refractivity contribution < 1.29 is 8.78 Å². The first kappa shape index (κ1) is 12.8. The smallest absolute Gasteiger partial charge is 0.139 e. The van der Waals surface area contributed by atoms with E-state index in [-0.39, 0.29) is 11.5 Å². The summed E-state index contributed by atoms with van der Waals surface area (Å²) in [5, 5.41) is 2.99. The van der Waals surface area contributed by atoms with Crippen molar-refractivity contribution in [2.75, 3.05) is 11.1 Å². The summed E-state index contributed by atoms with van der Waals surface area (Å²) in [6, 6.07) is 7.44. The molecule has 0 saturated heterocycles. The van der Waals surface area contributed by atoms with E-state index in [1.165, 1.54) is 18.2 Å². The first-order valence-electron chi connectivity index (χ1n) is 5.25. The van der Waals surface area contributed by atoms with Gasteiger partial charge >= 0.3 is 0 Å². The van der Waals surface area contributed by atoms with Crippen molar-refractivity contribution in [3.05, 3.63) is 52.0 Å². The Hall–Kier alpha value is -1.62. The molecule has 0 amide bonds. The van der Waals surface area contributed by atoms with Crippen molar-refractivity contribution in [3.63, 3.8) is 0 Å². The summed E-state index contributed by atoms with van der Waals surface area (Å²) in [6.45, 7) is 1.66. The molecule has 18 heavy (non-hydrogen) atoms. The molecular weight excluding hydrogens is 302 g/mol. The van der Waals surface area contributed by atoms with Crippen molar-refractivity contribution in [1.29, 1.82) is 0 Å². The van der Waals surface area contributed by atoms with E-state index >= 15 is 0 Å². The number of nitrogens with two attached hydrogens (primary N) is 1. The molecule has 2 nitrogen and oxygen atoms in total. The molecule has 5 heteroatoms. The summed E-state index contributed by atoms with van der Waals surface area (Å²) >= 11 is 3.08. The van der Waals surface area contributed by atoms with Gasteiger partial charge in [-0.05, 0) is 41.1 Å². The lowest BCUT2D eigenvalue weighted by atomic mass is 10.1. The van der Waals surface area contributed by atoms with Gasteiger partial charge in [-0.3, -0.25) is 0 Å². The minimum Gasteiger partial charge on any atom is -0.397 e. The molecular formula is C13H11BrF2N2. The van der Waals surface area contributed by atoms with Gasteiger partial charge in [0.05, 0.1) is 15.8 Å². The average molecular weight is 313 g/mol. The largest absolute Gasteiger partial charge is 0.397 e. The van der Waals surface area contributed by atoms with Crippen LogP contribution in [0.4, 0.5) is 25.8 Å². The first-order chi connectivity index (χ1) is 8.49. The van der Waals surface area contributed by atoms with Gasteiger partial charge in [-0.25, -0.2) is 8.78 Å². The van der Waals surface area contributed by atoms with Gasteiger partial charge in [0.15, 0.2) is 0 Å². The molecule has 3 N–H and O–H groups in total. The molecule has 0 fully saturated rings. The second kappa shape index (κ2) is 4.94. The number of hydrogen-bond acceptors (Lipinski definition) is 2. The summed E-state index contributed by atoms with van der Waals surface area (Å²) in [4.78, 5) is 0. The normalized spacial score (nSPS) is 10.4. The molecule has 2 rings (SSSR count). The fourth-order valence-electron chi connectivity index (χ4n) is 1.56. The summed E-state index contributed by atoms with van der Waals surface area (Å²) in [6.07, 6.45) is 0. The van der Waals surface area contributed by atoms with Crippen molar-refractivity contribution in [2.24, 2.45) is 0 Å². The fourth-order valence-corrected chi connectivity index (χ4v) is 1.90. The maximum atomic E-state index is 13.4. The van der Waals surface area contributed by atoms with E-state index < -0.39 is 5.82 Å². The SMILES string of the molecule is Cc1c(F)cccc1Nc1cc(Br)c(F)cc1N. The van der Waals surface area contributed by atoms with E-state index in [0.29, 0.717) is 21.4 Å². The fraction of sp³-hybridized carbons (Fsp3) is 0.0769. The van der Waals surface area contributed by atoms with Crippen LogP contribution >= 0.6 is 15.9 Å². The van der Waals surface area contributed by atoms with E-state index in [0.717, 1.165) is 0 Å². The maximum Gasteiger partial charge on any atom is 0.139 e. The third-order valence-corrected chi connectivity index (χ3v) is 3.24. The van der Waals surface area contributed by atoms with Crippen molar-refractivity contribution in [2.45, 2.75) is 6.92 Å². The molecule has 0 aliphatic carbocycles. The molecule has 0 aliphatic rings. The van der Waals surface area contributed by atoms with E-state index in [2.05, 4.69) is 21.2 Å². The standard InChI is InChI=1S/C13H11BrF2N2/c1-7-9(15)3-2-4-12(7)18-13-5-8(14)10(16)6-11(13)17/h2-6,18H,17H2,1H3. The lowest BCUT2D eigenvalue weighted by molar-refractivity contribution is 0.619. The maximum absolute atomic E-state index is 13.4. The van der Waals surface area contributed by atoms with Crippen LogP contribution in [0.25, 0.3) is 0 Å². The molecule has 0 unspecified atom stereocenters. The van der Waals surface area contributed by atoms with Gasteiger partial charge in [0.1, 0.15) is 11.6 Å². The first-order valence-corrected chi connectivity index (χ1v) is 6.05. The third-order valence-electron chi connectivity index (χ3n) is 2.63. The van der Waals surface area contributed by atoms with Crippen LogP contribution in [0.15, 0.2) is 34.8 Å². The van der Waals surface area contributed by atoms with Gasteiger partial charge in [0.2, 0.25) is 0 Å². The van der Waals surface area contributed by atoms with Crippen LogP contribution < -0.4 is 11.1 Å². The quantitative estimate of drug-likeness (QED) is 0.808. The van der Waals surface area contributed by atoms with Crippen molar-refractivity contribution in [3.8, 4) is 0 Å². The lowest BCUT2D eigenvalue weighted by Crippen LogP contribution is -2.00. The monoisotopic (exact) mass is 312 g/mol. The summed E-state index contributed by atoms with van der Waals surface area (Å²) in [5.74, 6) is -0.742. The number of benzene rings is 2. The molecule has 0 spiro atoms. The summed E-state index contributed by atoms with van der Waals surface area (Å²) in [7, 11) is 0. The van der Waals surface area contributed by atoms with Crippen LogP contribution in [-0.4, -0.2) is 0 Å². The van der Waals surface area contributed by atoms with Gasteiger partial charge in [-0.1, -0.05) is 6.07 Å². The Morgan fingerprint density at radius 1 is 1.11 bits per heavy atom. The number of nitrogens with one attached hydrogen (secondary N) is 1. The lowest BCUT2D eigenvalue weighted by Gasteiger charge is -2.13. The minimum atomic E-state index is -0.436. The minimum absolute atomic E-state index is 0.263. The second-order valence-electron chi connectivity index (χ2n) is 3.89. The van der Waals surface area contributed by atoms with Crippen LogP contribution in [-0.2, 0) is 0 Å². The zero-order valence-corrected chi connectivity index (χ0v) is 11.2. The van der Waals surface area contributed by atoms with Crippen LogP contribution in [0.3, 0.4) is 0 Å². The summed E-state index contributed by atoms with van der Waals surface area (Å²) < 4.78 is 26.9. The van der Waals surface area contributed by atoms with Crippen molar-refractivity contribution >= 4 is 33.0 Å². The Bertz CT molecular complexity index is 600. The molecule has 2 aromatic rings. The van der Waals surface area contributed by atoms with E-state index in [1.54, 1.807) is 19.1 Å². The second-order valence-corrected chi connectivity index (χ2v) is 4.75. The molecule has 2 aromatic carbocycles. The molecule has 0 aliphatic heterocycles. The Morgan fingerprint density at radius 3 is 2.56 bits per heavy atom. The Morgan fingerprint density at radius 2 is 1.83 bits per heavy atom. The Balaban J connectivity index is 2.40. The van der Waals surface area contributed by atoms with Crippen LogP contribution in [0, 0.1) is 18.6 Å². The number of rotatable bonds is 2. The van der Waals surface area contributed by atoms with Crippen LogP contribution in [0.5, 0.6) is 0 Å². The molecule has 0 atom stereocenters. The van der Waals surface area contributed by atoms with Gasteiger partial charge in [-0.15, -0.1) is 0 Å². The number of anilines is 3. The van der Waals surface area contributed by atoms with E-state index in [9.17, 15) is 8.78 Å². The van der Waals surface area contributed by atoms with Crippen LogP contribution in [0.1, 0.15) is 5.56 Å². The zero-order chi connectivity index (χ0) is 13.3. The topological polar surface area (TPSA) is 38.0 Å². The summed E-state index contributed by atoms with van der Waals surface area (Å²) in [5.41, 5.74) is 7.58. The zero-order valence-electron chi connectivity index (χ0n) is 9.60. The number of halogens is 3. The third kappa shape index (κ3) is 2.46. The molecule has 0 bridgehead atoms.